The van der Waals surface area contributed by atoms with Gasteiger partial charge in [-0.05, 0) is 30.5 Å². The van der Waals surface area contributed by atoms with Gasteiger partial charge in [0, 0.05) is 12.7 Å². The van der Waals surface area contributed by atoms with Gasteiger partial charge in [-0.1, -0.05) is 31.6 Å². The number of hydrogen-bond acceptors (Lipinski definition) is 1. The van der Waals surface area contributed by atoms with Crippen LogP contribution in [-0.4, -0.2) is 6.03 Å². The van der Waals surface area contributed by atoms with Crippen LogP contribution in [0.25, 0.3) is 0 Å². The van der Waals surface area contributed by atoms with Crippen molar-refractivity contribution in [3.05, 3.63) is 47.4 Å². The largest absolute Gasteiger partial charge is 0.334 e. The predicted octanol–water partition coefficient (Wildman–Crippen LogP) is 3.18. The number of allylic oxidation sites excluding steroid dienone is 1. The van der Waals surface area contributed by atoms with Crippen LogP contribution < -0.4 is 10.6 Å². The first-order valence-corrected chi connectivity index (χ1v) is 5.94. The average molecular weight is 250 g/mol. The first kappa shape index (κ1) is 14.2. The van der Waals surface area contributed by atoms with Crippen molar-refractivity contribution in [1.82, 2.24) is 10.6 Å². The van der Waals surface area contributed by atoms with Crippen LogP contribution in [0, 0.1) is 11.7 Å². The van der Waals surface area contributed by atoms with Gasteiger partial charge in [-0.3, -0.25) is 0 Å². The fourth-order valence-corrected chi connectivity index (χ4v) is 1.23. The summed E-state index contributed by atoms with van der Waals surface area (Å²) in [6, 6.07) is 5.86. The van der Waals surface area contributed by atoms with Crippen LogP contribution in [-0.2, 0) is 6.54 Å². The summed E-state index contributed by atoms with van der Waals surface area (Å²) < 4.78 is 12.9. The van der Waals surface area contributed by atoms with Crippen LogP contribution in [0.1, 0.15) is 26.3 Å². The second kappa shape index (κ2) is 6.79. The van der Waals surface area contributed by atoms with E-state index >= 15 is 0 Å². The first-order chi connectivity index (χ1) is 8.49. The van der Waals surface area contributed by atoms with E-state index in [1.54, 1.807) is 18.3 Å². The molecule has 0 aliphatic carbocycles. The van der Waals surface area contributed by atoms with Crippen molar-refractivity contribution in [3.8, 4) is 0 Å². The molecule has 1 aromatic rings. The Morgan fingerprint density at radius 1 is 1.44 bits per heavy atom. The lowest BCUT2D eigenvalue weighted by Gasteiger charge is -2.07. The summed E-state index contributed by atoms with van der Waals surface area (Å²) in [5, 5.41) is 5.30. The number of carbonyl (C=O) groups is 1. The zero-order valence-electron chi connectivity index (χ0n) is 11.0. The Kier molecular flexibility index (Phi) is 5.36. The van der Waals surface area contributed by atoms with Crippen LogP contribution in [0.3, 0.4) is 0 Å². The number of nitrogens with one attached hydrogen (secondary N) is 2. The van der Waals surface area contributed by atoms with Crippen LogP contribution in [0.4, 0.5) is 9.18 Å². The van der Waals surface area contributed by atoms with Crippen molar-refractivity contribution in [2.45, 2.75) is 27.3 Å². The smallest absolute Gasteiger partial charge is 0.319 e. The average Bonchev–Trinajstić information content (AvgIpc) is 2.33. The molecule has 0 aliphatic heterocycles. The van der Waals surface area contributed by atoms with Crippen LogP contribution in [0.5, 0.6) is 0 Å². The molecule has 0 radical (unpaired) electrons. The molecule has 0 bridgehead atoms. The lowest BCUT2D eigenvalue weighted by atomic mass is 10.1. The normalized spacial score (nSPS) is 11.5. The number of halogens is 1. The van der Waals surface area contributed by atoms with E-state index in [1.807, 2.05) is 6.92 Å². The Balaban J connectivity index is 2.40. The third-order valence-electron chi connectivity index (χ3n) is 2.68. The monoisotopic (exact) mass is 250 g/mol. The molecule has 3 nitrogen and oxygen atoms in total. The molecule has 0 atom stereocenters. The Morgan fingerprint density at radius 3 is 2.78 bits per heavy atom. The highest BCUT2D eigenvalue weighted by molar-refractivity contribution is 5.74. The number of benzene rings is 1. The van der Waals surface area contributed by atoms with Crippen molar-refractivity contribution in [1.29, 1.82) is 0 Å². The molecular weight excluding hydrogens is 231 g/mol. The minimum Gasteiger partial charge on any atom is -0.334 e. The molecule has 2 N–H and O–H groups in total. The fraction of sp³-hybridized carbons (Fsp3) is 0.357. The van der Waals surface area contributed by atoms with E-state index in [2.05, 4.69) is 24.5 Å². The van der Waals surface area contributed by atoms with Crippen molar-refractivity contribution in [2.24, 2.45) is 5.92 Å². The molecule has 0 saturated heterocycles. The predicted molar refractivity (Wildman–Crippen MR) is 70.4 cm³/mol. The molecule has 2 amide bonds. The van der Waals surface area contributed by atoms with Gasteiger partial charge in [0.15, 0.2) is 0 Å². The van der Waals surface area contributed by atoms with Crippen LogP contribution >= 0.6 is 0 Å². The van der Waals surface area contributed by atoms with Crippen molar-refractivity contribution in [3.63, 3.8) is 0 Å². The van der Waals surface area contributed by atoms with Crippen molar-refractivity contribution < 1.29 is 9.18 Å². The summed E-state index contributed by atoms with van der Waals surface area (Å²) in [5.74, 6) is 0.0961. The molecule has 18 heavy (non-hydrogen) atoms. The topological polar surface area (TPSA) is 41.1 Å². The maximum Gasteiger partial charge on any atom is 0.319 e. The van der Waals surface area contributed by atoms with Gasteiger partial charge in [0.05, 0.1) is 0 Å². The second-order valence-electron chi connectivity index (χ2n) is 4.50. The molecule has 98 valence electrons. The van der Waals surface area contributed by atoms with E-state index in [0.29, 0.717) is 12.5 Å². The van der Waals surface area contributed by atoms with Gasteiger partial charge in [0.25, 0.3) is 0 Å². The number of hydrogen-bond donors (Lipinski definition) is 2. The molecule has 0 aliphatic rings. The number of carbonyl (C=O) groups excluding carboxylic acids is 1. The Hall–Kier alpha value is -1.84. The van der Waals surface area contributed by atoms with E-state index in [1.165, 1.54) is 12.1 Å². The fourth-order valence-electron chi connectivity index (χ4n) is 1.23. The van der Waals surface area contributed by atoms with Crippen molar-refractivity contribution in [2.75, 3.05) is 0 Å². The Labute approximate surface area is 107 Å². The second-order valence-corrected chi connectivity index (χ2v) is 4.50. The zero-order chi connectivity index (χ0) is 13.5. The van der Waals surface area contributed by atoms with Gasteiger partial charge in [0.1, 0.15) is 5.82 Å². The number of urea groups is 1. The number of rotatable bonds is 4. The quantitative estimate of drug-likeness (QED) is 0.846. The van der Waals surface area contributed by atoms with E-state index in [-0.39, 0.29) is 11.8 Å². The summed E-state index contributed by atoms with van der Waals surface area (Å²) >= 11 is 0. The van der Waals surface area contributed by atoms with E-state index in [9.17, 15) is 9.18 Å². The summed E-state index contributed by atoms with van der Waals surface area (Å²) in [6.45, 7) is 6.37. The molecule has 0 spiro atoms. The van der Waals surface area contributed by atoms with Gasteiger partial charge >= 0.3 is 6.03 Å². The molecule has 4 heteroatoms. The Bertz CT molecular complexity index is 441. The minimum absolute atomic E-state index is 0.292. The Morgan fingerprint density at radius 2 is 2.17 bits per heavy atom. The van der Waals surface area contributed by atoms with E-state index in [0.717, 1.165) is 11.1 Å². The lowest BCUT2D eigenvalue weighted by molar-refractivity contribution is 0.243. The molecule has 1 rings (SSSR count). The van der Waals surface area contributed by atoms with Gasteiger partial charge in [0.2, 0.25) is 0 Å². The van der Waals surface area contributed by atoms with E-state index < -0.39 is 0 Å². The lowest BCUT2D eigenvalue weighted by Crippen LogP contribution is -2.32. The van der Waals surface area contributed by atoms with E-state index in [4.69, 9.17) is 0 Å². The van der Waals surface area contributed by atoms with Crippen molar-refractivity contribution >= 4 is 6.03 Å². The highest BCUT2D eigenvalue weighted by Gasteiger charge is 2.01. The van der Waals surface area contributed by atoms with Crippen LogP contribution in [0.2, 0.25) is 0 Å². The standard InChI is InChI=1S/C14H19FN2O/c1-10(2)11(3)8-16-14(18)17-9-12-5-4-6-13(15)7-12/h4-8,10H,9H2,1-3H3,(H2,16,17,18)/b11-8+. The summed E-state index contributed by atoms with van der Waals surface area (Å²) in [6.07, 6.45) is 1.69. The summed E-state index contributed by atoms with van der Waals surface area (Å²) in [4.78, 5) is 11.5. The van der Waals surface area contributed by atoms with Crippen LogP contribution in [0.15, 0.2) is 36.0 Å². The highest BCUT2D eigenvalue weighted by atomic mass is 19.1. The summed E-state index contributed by atoms with van der Waals surface area (Å²) in [5.41, 5.74) is 1.82. The third kappa shape index (κ3) is 4.99. The maximum atomic E-state index is 12.9. The highest BCUT2D eigenvalue weighted by Crippen LogP contribution is 2.05. The molecule has 0 heterocycles. The minimum atomic E-state index is -0.301. The molecule has 0 fully saturated rings. The summed E-state index contributed by atoms with van der Waals surface area (Å²) in [7, 11) is 0. The molecule has 0 unspecified atom stereocenters. The zero-order valence-corrected chi connectivity index (χ0v) is 11.0. The third-order valence-corrected chi connectivity index (χ3v) is 2.68. The van der Waals surface area contributed by atoms with Gasteiger partial charge < -0.3 is 10.6 Å². The maximum absolute atomic E-state index is 12.9. The molecular formula is C14H19FN2O. The van der Waals surface area contributed by atoms with Gasteiger partial charge in [-0.2, -0.15) is 0 Å². The molecule has 0 saturated carbocycles. The van der Waals surface area contributed by atoms with Gasteiger partial charge in [-0.15, -0.1) is 0 Å². The SMILES string of the molecule is C/C(=C\NC(=O)NCc1cccc(F)c1)C(C)C. The molecule has 0 aromatic heterocycles. The first-order valence-electron chi connectivity index (χ1n) is 5.94. The number of amides is 2. The molecule has 1 aromatic carbocycles. The van der Waals surface area contributed by atoms with Gasteiger partial charge in [-0.25, -0.2) is 9.18 Å².